The first-order chi connectivity index (χ1) is 11.4. The van der Waals surface area contributed by atoms with Gasteiger partial charge in [0.25, 0.3) is 0 Å². The number of ether oxygens (including phenoxy) is 3. The summed E-state index contributed by atoms with van der Waals surface area (Å²) in [5.74, 6) is -1.14. The van der Waals surface area contributed by atoms with Crippen LogP contribution in [0.4, 0.5) is 4.79 Å². The van der Waals surface area contributed by atoms with E-state index in [1.54, 1.807) is 0 Å². The highest BCUT2D eigenvalue weighted by Crippen LogP contribution is 2.15. The van der Waals surface area contributed by atoms with Crippen molar-refractivity contribution in [2.24, 2.45) is 0 Å². The summed E-state index contributed by atoms with van der Waals surface area (Å²) >= 11 is 0. The summed E-state index contributed by atoms with van der Waals surface area (Å²) in [5.41, 5.74) is -0.334. The summed E-state index contributed by atoms with van der Waals surface area (Å²) in [6.07, 6.45) is -0.179. The van der Waals surface area contributed by atoms with Gasteiger partial charge in [-0.25, -0.2) is 9.59 Å². The minimum absolute atomic E-state index is 0.0353. The van der Waals surface area contributed by atoms with Crippen molar-refractivity contribution in [2.75, 3.05) is 20.8 Å². The fraction of sp³-hybridized carbons (Fsp3) is 0.471. The molecule has 1 atom stereocenters. The fourth-order valence-electron chi connectivity index (χ4n) is 2.06. The highest BCUT2D eigenvalue weighted by atomic mass is 16.6. The molecule has 0 aliphatic rings. The molecular weight excluding hydrogens is 314 g/mol. The van der Waals surface area contributed by atoms with Gasteiger partial charge in [-0.05, 0) is 18.9 Å². The molecule has 1 N–H and O–H groups in total. The van der Waals surface area contributed by atoms with E-state index < -0.39 is 23.6 Å². The van der Waals surface area contributed by atoms with Crippen LogP contribution in [0.2, 0.25) is 0 Å². The van der Waals surface area contributed by atoms with E-state index in [0.29, 0.717) is 6.42 Å². The van der Waals surface area contributed by atoms with Crippen molar-refractivity contribution in [1.29, 1.82) is 0 Å². The molecule has 1 aromatic rings. The van der Waals surface area contributed by atoms with Crippen molar-refractivity contribution >= 4 is 18.0 Å². The number of esters is 2. The van der Waals surface area contributed by atoms with Gasteiger partial charge in [0.1, 0.15) is 5.54 Å². The van der Waals surface area contributed by atoms with Crippen LogP contribution in [0.25, 0.3) is 0 Å². The van der Waals surface area contributed by atoms with Gasteiger partial charge in [-0.15, -0.1) is 0 Å². The van der Waals surface area contributed by atoms with E-state index in [1.807, 2.05) is 30.3 Å². The molecule has 7 heteroatoms. The SMILES string of the molecule is COC(=O)CC[C@](C)(NC(=O)OCCc1ccccc1)C(=O)OC. The van der Waals surface area contributed by atoms with Crippen molar-refractivity contribution in [1.82, 2.24) is 5.32 Å². The Labute approximate surface area is 141 Å². The van der Waals surface area contributed by atoms with E-state index in [4.69, 9.17) is 9.47 Å². The summed E-state index contributed by atoms with van der Waals surface area (Å²) in [6.45, 7) is 1.64. The van der Waals surface area contributed by atoms with Crippen LogP contribution in [0, 0.1) is 0 Å². The minimum Gasteiger partial charge on any atom is -0.469 e. The highest BCUT2D eigenvalue weighted by molar-refractivity contribution is 5.86. The van der Waals surface area contributed by atoms with E-state index in [2.05, 4.69) is 10.1 Å². The molecule has 0 aromatic heterocycles. The molecule has 1 rings (SSSR count). The van der Waals surface area contributed by atoms with Crippen molar-refractivity contribution in [3.63, 3.8) is 0 Å². The normalized spacial score (nSPS) is 12.6. The third kappa shape index (κ3) is 6.28. The largest absolute Gasteiger partial charge is 0.469 e. The zero-order valence-electron chi connectivity index (χ0n) is 14.2. The highest BCUT2D eigenvalue weighted by Gasteiger charge is 2.37. The number of amides is 1. The lowest BCUT2D eigenvalue weighted by Crippen LogP contribution is -2.53. The van der Waals surface area contributed by atoms with Crippen LogP contribution in [-0.4, -0.2) is 44.4 Å². The van der Waals surface area contributed by atoms with Gasteiger partial charge >= 0.3 is 18.0 Å². The summed E-state index contributed by atoms with van der Waals surface area (Å²) in [5, 5.41) is 2.47. The summed E-state index contributed by atoms with van der Waals surface area (Å²) in [4.78, 5) is 35.1. The van der Waals surface area contributed by atoms with Gasteiger partial charge in [0.2, 0.25) is 0 Å². The lowest BCUT2D eigenvalue weighted by Gasteiger charge is -2.27. The van der Waals surface area contributed by atoms with Crippen LogP contribution in [0.15, 0.2) is 30.3 Å². The standard InChI is InChI=1S/C17H23NO6/c1-17(15(20)23-3,11-9-14(19)22-2)18-16(21)24-12-10-13-7-5-4-6-8-13/h4-8H,9-12H2,1-3H3,(H,18,21)/t17-/m0/s1. The van der Waals surface area contributed by atoms with Crippen LogP contribution >= 0.6 is 0 Å². The molecule has 0 saturated heterocycles. The quantitative estimate of drug-likeness (QED) is 0.575. The monoisotopic (exact) mass is 337 g/mol. The zero-order chi connectivity index (χ0) is 18.0. The smallest absolute Gasteiger partial charge is 0.408 e. The number of benzene rings is 1. The Balaban J connectivity index is 2.53. The average molecular weight is 337 g/mol. The predicted octanol–water partition coefficient (Wildman–Crippen LogP) is 1.84. The molecule has 0 saturated carbocycles. The number of hydrogen-bond donors (Lipinski definition) is 1. The fourth-order valence-corrected chi connectivity index (χ4v) is 2.06. The maximum atomic E-state index is 11.9. The molecule has 132 valence electrons. The number of carbonyl (C=O) groups excluding carboxylic acids is 3. The van der Waals surface area contributed by atoms with Crippen molar-refractivity contribution in [2.45, 2.75) is 31.7 Å². The van der Waals surface area contributed by atoms with Crippen molar-refractivity contribution < 1.29 is 28.6 Å². The van der Waals surface area contributed by atoms with Crippen LogP contribution < -0.4 is 5.32 Å². The van der Waals surface area contributed by atoms with Gasteiger partial charge in [0.15, 0.2) is 0 Å². The number of nitrogens with one attached hydrogen (secondary N) is 1. The van der Waals surface area contributed by atoms with Gasteiger partial charge in [-0.2, -0.15) is 0 Å². The molecule has 0 fully saturated rings. The van der Waals surface area contributed by atoms with Gasteiger partial charge in [-0.1, -0.05) is 30.3 Å². The van der Waals surface area contributed by atoms with E-state index in [-0.39, 0.29) is 19.4 Å². The Bertz CT molecular complexity index is 559. The van der Waals surface area contributed by atoms with Crippen LogP contribution in [0.1, 0.15) is 25.3 Å². The minimum atomic E-state index is -1.37. The molecule has 0 heterocycles. The molecule has 0 spiro atoms. The average Bonchev–Trinajstić information content (AvgIpc) is 2.59. The van der Waals surface area contributed by atoms with E-state index in [0.717, 1.165) is 5.56 Å². The molecule has 0 aliphatic heterocycles. The molecule has 0 unspecified atom stereocenters. The number of hydrogen-bond acceptors (Lipinski definition) is 6. The molecule has 24 heavy (non-hydrogen) atoms. The molecule has 1 amide bonds. The first-order valence-corrected chi connectivity index (χ1v) is 7.55. The second-order valence-electron chi connectivity index (χ2n) is 5.40. The summed E-state index contributed by atoms with van der Waals surface area (Å²) in [7, 11) is 2.46. The Hall–Kier alpha value is -2.57. The Morgan fingerprint density at radius 3 is 2.33 bits per heavy atom. The van der Waals surface area contributed by atoms with Crippen LogP contribution in [0.5, 0.6) is 0 Å². The maximum absolute atomic E-state index is 11.9. The second-order valence-corrected chi connectivity index (χ2v) is 5.40. The molecule has 1 aromatic carbocycles. The second kappa shape index (κ2) is 9.54. The molecule has 0 bridgehead atoms. The van der Waals surface area contributed by atoms with Crippen LogP contribution in [0.3, 0.4) is 0 Å². The maximum Gasteiger partial charge on any atom is 0.408 e. The van der Waals surface area contributed by atoms with E-state index in [1.165, 1.54) is 21.1 Å². The number of methoxy groups -OCH3 is 2. The predicted molar refractivity (Wildman–Crippen MR) is 86.3 cm³/mol. The third-order valence-electron chi connectivity index (χ3n) is 3.54. The van der Waals surface area contributed by atoms with Gasteiger partial charge in [-0.3, -0.25) is 4.79 Å². The van der Waals surface area contributed by atoms with Crippen molar-refractivity contribution in [3.05, 3.63) is 35.9 Å². The molecule has 0 radical (unpaired) electrons. The Kier molecular flexibility index (Phi) is 7.74. The van der Waals surface area contributed by atoms with E-state index in [9.17, 15) is 14.4 Å². The summed E-state index contributed by atoms with van der Waals surface area (Å²) in [6, 6.07) is 9.56. The lowest BCUT2D eigenvalue weighted by molar-refractivity contribution is -0.149. The Morgan fingerprint density at radius 2 is 1.75 bits per heavy atom. The molecule has 0 aliphatic carbocycles. The topological polar surface area (TPSA) is 90.9 Å². The van der Waals surface area contributed by atoms with Crippen LogP contribution in [-0.2, 0) is 30.2 Å². The zero-order valence-corrected chi connectivity index (χ0v) is 14.2. The third-order valence-corrected chi connectivity index (χ3v) is 3.54. The summed E-state index contributed by atoms with van der Waals surface area (Å²) < 4.78 is 14.3. The number of carbonyl (C=O) groups is 3. The first-order valence-electron chi connectivity index (χ1n) is 7.55. The Morgan fingerprint density at radius 1 is 1.08 bits per heavy atom. The lowest BCUT2D eigenvalue weighted by atomic mass is 9.96. The van der Waals surface area contributed by atoms with Gasteiger partial charge in [0, 0.05) is 12.8 Å². The van der Waals surface area contributed by atoms with Gasteiger partial charge < -0.3 is 19.5 Å². The first kappa shape index (κ1) is 19.5. The molecular formula is C17H23NO6. The number of alkyl carbamates (subject to hydrolysis) is 1. The van der Waals surface area contributed by atoms with Gasteiger partial charge in [0.05, 0.1) is 20.8 Å². The molecule has 7 nitrogen and oxygen atoms in total. The van der Waals surface area contributed by atoms with Crippen molar-refractivity contribution in [3.8, 4) is 0 Å². The number of rotatable bonds is 8. The van der Waals surface area contributed by atoms with E-state index >= 15 is 0 Å².